The quantitative estimate of drug-likeness (QED) is 0.879. The first-order valence-electron chi connectivity index (χ1n) is 8.38. The molecule has 1 aromatic rings. The van der Waals surface area contributed by atoms with Crippen molar-refractivity contribution in [1.82, 2.24) is 5.32 Å². The molecule has 3 aliphatic heterocycles. The molecule has 130 valence electrons. The number of allylic oxidation sites excluding steroid dienone is 2. The molecule has 1 N–H and O–H groups in total. The summed E-state index contributed by atoms with van der Waals surface area (Å²) in [5.74, 6) is -0.0259. The highest BCUT2D eigenvalue weighted by Crippen LogP contribution is 2.36. The number of benzene rings is 1. The summed E-state index contributed by atoms with van der Waals surface area (Å²) in [6.45, 7) is 0.901. The average Bonchev–Trinajstić information content (AvgIpc) is 3.02. The summed E-state index contributed by atoms with van der Waals surface area (Å²) in [4.78, 5) is 39.1. The molecular weight excluding hydrogens is 322 g/mol. The Bertz CT molecular complexity index is 802. The molecule has 4 rings (SSSR count). The third kappa shape index (κ3) is 2.65. The Hall–Kier alpha value is -2.83. The Kier molecular flexibility index (Phi) is 3.71. The van der Waals surface area contributed by atoms with Gasteiger partial charge >= 0.3 is 6.09 Å². The van der Waals surface area contributed by atoms with E-state index in [1.807, 2.05) is 18.2 Å². The summed E-state index contributed by atoms with van der Waals surface area (Å²) in [7, 11) is 1.52. The molecule has 0 aliphatic carbocycles. The maximum Gasteiger partial charge on any atom is 0.415 e. The number of ether oxygens (including phenoxy) is 1. The maximum absolute atomic E-state index is 12.1. The van der Waals surface area contributed by atoms with Crippen LogP contribution in [-0.2, 0) is 20.7 Å². The molecule has 3 heterocycles. The Morgan fingerprint density at radius 2 is 2.12 bits per heavy atom. The van der Waals surface area contributed by atoms with Gasteiger partial charge in [0.05, 0.1) is 6.54 Å². The number of nitrogens with one attached hydrogen (secondary N) is 1. The zero-order valence-corrected chi connectivity index (χ0v) is 13.9. The number of cyclic esters (lactones) is 1. The standard InChI is InChI=1S/C18H19N3O4/c1-19-17(23)16-10-21(18(24)25-16)12-4-5-15-11(8-12)2-3-13-9-14(22)6-7-20(13)15/h3-5,8,16H,2,6-7,9-10H2,1H3,(H,19,23)/t16-/m1/s1. The van der Waals surface area contributed by atoms with E-state index in [2.05, 4.69) is 16.3 Å². The van der Waals surface area contributed by atoms with Crippen LogP contribution in [0.5, 0.6) is 0 Å². The molecule has 0 unspecified atom stereocenters. The first kappa shape index (κ1) is 15.7. The Balaban J connectivity index is 1.59. The maximum atomic E-state index is 12.1. The molecule has 2 saturated heterocycles. The van der Waals surface area contributed by atoms with Gasteiger partial charge in [-0.2, -0.15) is 0 Å². The zero-order chi connectivity index (χ0) is 17.6. The number of Topliss-reactive ketones (excluding diaryl/α,β-unsaturated/α-hetero) is 1. The van der Waals surface area contributed by atoms with Crippen LogP contribution in [0.3, 0.4) is 0 Å². The van der Waals surface area contributed by atoms with E-state index in [1.54, 1.807) is 0 Å². The summed E-state index contributed by atoms with van der Waals surface area (Å²) in [6, 6.07) is 5.81. The van der Waals surface area contributed by atoms with Crippen molar-refractivity contribution >= 4 is 29.2 Å². The van der Waals surface area contributed by atoms with Crippen molar-refractivity contribution in [1.29, 1.82) is 0 Å². The van der Waals surface area contributed by atoms with Crippen LogP contribution < -0.4 is 15.1 Å². The van der Waals surface area contributed by atoms with Gasteiger partial charge < -0.3 is 15.0 Å². The minimum atomic E-state index is -0.784. The van der Waals surface area contributed by atoms with Crippen molar-refractivity contribution in [2.45, 2.75) is 25.4 Å². The van der Waals surface area contributed by atoms with Crippen LogP contribution in [-0.4, -0.2) is 44.0 Å². The number of amides is 2. The van der Waals surface area contributed by atoms with E-state index in [0.29, 0.717) is 19.4 Å². The molecule has 0 radical (unpaired) electrons. The minimum Gasteiger partial charge on any atom is -0.434 e. The fourth-order valence-corrected chi connectivity index (χ4v) is 3.59. The average molecular weight is 341 g/mol. The Labute approximate surface area is 145 Å². The summed E-state index contributed by atoms with van der Waals surface area (Å²) in [5, 5.41) is 2.50. The van der Waals surface area contributed by atoms with Gasteiger partial charge in [0.25, 0.3) is 5.91 Å². The molecule has 7 nitrogen and oxygen atoms in total. The van der Waals surface area contributed by atoms with Gasteiger partial charge in [-0.25, -0.2) is 4.79 Å². The lowest BCUT2D eigenvalue weighted by molar-refractivity contribution is -0.127. The monoisotopic (exact) mass is 341 g/mol. The number of rotatable bonds is 2. The van der Waals surface area contributed by atoms with Crippen molar-refractivity contribution in [3.05, 3.63) is 35.5 Å². The fourth-order valence-electron chi connectivity index (χ4n) is 3.59. The summed E-state index contributed by atoms with van der Waals surface area (Å²) in [6.07, 6.45) is 2.57. The third-order valence-corrected chi connectivity index (χ3v) is 4.91. The van der Waals surface area contributed by atoms with E-state index in [-0.39, 0.29) is 18.2 Å². The second-order valence-electron chi connectivity index (χ2n) is 6.43. The molecule has 25 heavy (non-hydrogen) atoms. The Morgan fingerprint density at radius 3 is 2.92 bits per heavy atom. The van der Waals surface area contributed by atoms with Crippen LogP contribution in [0.15, 0.2) is 30.0 Å². The number of piperidine rings is 1. The smallest absolute Gasteiger partial charge is 0.415 e. The largest absolute Gasteiger partial charge is 0.434 e. The highest BCUT2D eigenvalue weighted by Gasteiger charge is 2.37. The SMILES string of the molecule is CNC(=O)[C@H]1CN(c2ccc3c(c2)CC=C2CC(=O)CCN23)C(=O)O1. The number of hydrogen-bond acceptors (Lipinski definition) is 5. The molecule has 0 aromatic heterocycles. The number of hydrogen-bond donors (Lipinski definition) is 1. The van der Waals surface area contributed by atoms with Crippen LogP contribution >= 0.6 is 0 Å². The lowest BCUT2D eigenvalue weighted by Gasteiger charge is -2.36. The van der Waals surface area contributed by atoms with Gasteiger partial charge in [0.1, 0.15) is 5.78 Å². The molecular formula is C18H19N3O4. The van der Waals surface area contributed by atoms with E-state index in [4.69, 9.17) is 4.74 Å². The number of nitrogens with zero attached hydrogens (tertiary/aromatic N) is 2. The number of anilines is 2. The topological polar surface area (TPSA) is 79.0 Å². The van der Waals surface area contributed by atoms with E-state index in [9.17, 15) is 14.4 Å². The van der Waals surface area contributed by atoms with Crippen LogP contribution in [0.4, 0.5) is 16.2 Å². The van der Waals surface area contributed by atoms with Gasteiger partial charge in [0.2, 0.25) is 0 Å². The molecule has 0 spiro atoms. The predicted molar refractivity (Wildman–Crippen MR) is 91.5 cm³/mol. The van der Waals surface area contributed by atoms with Crippen molar-refractivity contribution in [3.8, 4) is 0 Å². The van der Waals surface area contributed by atoms with Crippen LogP contribution in [0.1, 0.15) is 18.4 Å². The fraction of sp³-hybridized carbons (Fsp3) is 0.389. The van der Waals surface area contributed by atoms with Gasteiger partial charge in [0.15, 0.2) is 6.10 Å². The van der Waals surface area contributed by atoms with Crippen molar-refractivity contribution in [3.63, 3.8) is 0 Å². The number of likely N-dealkylation sites (N-methyl/N-ethyl adjacent to an activating group) is 1. The minimum absolute atomic E-state index is 0.205. The number of carbonyl (C=O) groups excluding carboxylic acids is 3. The number of ketones is 1. The highest BCUT2D eigenvalue weighted by atomic mass is 16.6. The van der Waals surface area contributed by atoms with E-state index < -0.39 is 12.2 Å². The second-order valence-corrected chi connectivity index (χ2v) is 6.43. The summed E-state index contributed by atoms with van der Waals surface area (Å²) in [5.41, 5.74) is 3.98. The molecule has 1 aromatic carbocycles. The van der Waals surface area contributed by atoms with Crippen molar-refractivity contribution in [2.24, 2.45) is 0 Å². The van der Waals surface area contributed by atoms with Gasteiger partial charge in [-0.3, -0.25) is 14.5 Å². The van der Waals surface area contributed by atoms with E-state index >= 15 is 0 Å². The van der Waals surface area contributed by atoms with Gasteiger partial charge in [-0.1, -0.05) is 6.08 Å². The predicted octanol–water partition coefficient (Wildman–Crippen LogP) is 1.37. The first-order chi connectivity index (χ1) is 12.1. The van der Waals surface area contributed by atoms with Crippen molar-refractivity contribution < 1.29 is 19.1 Å². The van der Waals surface area contributed by atoms with Gasteiger partial charge in [-0.05, 0) is 30.2 Å². The second kappa shape index (κ2) is 5.91. The van der Waals surface area contributed by atoms with Gasteiger partial charge in [0, 0.05) is 43.5 Å². The normalized spacial score (nSPS) is 22.1. The molecule has 0 bridgehead atoms. The highest BCUT2D eigenvalue weighted by molar-refractivity contribution is 5.96. The number of carbonyl (C=O) groups is 3. The summed E-state index contributed by atoms with van der Waals surface area (Å²) < 4.78 is 5.14. The van der Waals surface area contributed by atoms with Crippen LogP contribution in [0.25, 0.3) is 0 Å². The zero-order valence-electron chi connectivity index (χ0n) is 13.9. The summed E-state index contributed by atoms with van der Waals surface area (Å²) >= 11 is 0. The lowest BCUT2D eigenvalue weighted by atomic mass is 9.96. The Morgan fingerprint density at radius 1 is 1.28 bits per heavy atom. The molecule has 3 aliphatic rings. The van der Waals surface area contributed by atoms with Gasteiger partial charge in [-0.15, -0.1) is 0 Å². The molecule has 2 fully saturated rings. The molecule has 7 heteroatoms. The molecule has 0 saturated carbocycles. The molecule has 1 atom stereocenters. The first-order valence-corrected chi connectivity index (χ1v) is 8.38. The van der Waals surface area contributed by atoms with E-state index in [1.165, 1.54) is 11.9 Å². The number of fused-ring (bicyclic) bond motifs is 3. The van der Waals surface area contributed by atoms with Crippen LogP contribution in [0.2, 0.25) is 0 Å². The molecule has 2 amide bonds. The van der Waals surface area contributed by atoms with E-state index in [0.717, 1.165) is 29.1 Å². The van der Waals surface area contributed by atoms with Crippen molar-refractivity contribution in [2.75, 3.05) is 29.9 Å². The van der Waals surface area contributed by atoms with Crippen LogP contribution in [0, 0.1) is 0 Å². The lowest BCUT2D eigenvalue weighted by Crippen LogP contribution is -2.35. The third-order valence-electron chi connectivity index (χ3n) is 4.91.